The predicted octanol–water partition coefficient (Wildman–Crippen LogP) is -0.485. The van der Waals surface area contributed by atoms with E-state index in [0.717, 1.165) is 135 Å². The van der Waals surface area contributed by atoms with Gasteiger partial charge in [0.1, 0.15) is 12.7 Å². The number of nitrogen functional groups attached to an aromatic ring is 2. The molecule has 0 amide bonds. The molecule has 4 aromatic heterocycles. The first-order valence-corrected chi connectivity index (χ1v) is 26.4. The molecule has 0 radical (unpaired) electrons. The Morgan fingerprint density at radius 3 is 1.56 bits per heavy atom. The molecule has 10 rings (SSSR count). The van der Waals surface area contributed by atoms with Gasteiger partial charge >= 0.3 is 138 Å². The number of likely N-dealkylation sites (tertiary alicyclic amines) is 1. The second-order valence-corrected chi connectivity index (χ2v) is 20.3. The van der Waals surface area contributed by atoms with E-state index in [1.54, 1.807) is 23.5 Å². The number of aliphatic hydroxyl groups is 2. The summed E-state index contributed by atoms with van der Waals surface area (Å²) in [5.74, 6) is 5.09. The van der Waals surface area contributed by atoms with Gasteiger partial charge in [0.05, 0.1) is 13.2 Å². The number of piperidine rings is 2. The van der Waals surface area contributed by atoms with Crippen LogP contribution in [0.15, 0.2) is 66.0 Å². The van der Waals surface area contributed by atoms with E-state index < -0.39 is 0 Å². The second kappa shape index (κ2) is 31.9. The van der Waals surface area contributed by atoms with Crippen LogP contribution in [-0.2, 0) is 22.8 Å². The number of anilines is 2. The molecular formula is C43H53Br3Cs2N12O9S2. The number of nitrogens with two attached hydrogens (primary N) is 2. The van der Waals surface area contributed by atoms with Gasteiger partial charge in [-0.1, -0.05) is 39.5 Å². The zero-order valence-corrected chi connectivity index (χ0v) is 58.3. The summed E-state index contributed by atoms with van der Waals surface area (Å²) >= 11 is 13.4. The van der Waals surface area contributed by atoms with Crippen LogP contribution in [-0.4, -0.2) is 125 Å². The summed E-state index contributed by atoms with van der Waals surface area (Å²) in [7, 11) is 0. The molecule has 0 bridgehead atoms. The van der Waals surface area contributed by atoms with Crippen molar-refractivity contribution in [1.29, 1.82) is 0 Å². The summed E-state index contributed by atoms with van der Waals surface area (Å²) in [6, 6.07) is 7.79. The molecule has 21 nitrogen and oxygen atoms in total. The quantitative estimate of drug-likeness (QED) is 0.0398. The van der Waals surface area contributed by atoms with E-state index in [4.69, 9.17) is 60.6 Å². The van der Waals surface area contributed by atoms with E-state index >= 15 is 0 Å². The van der Waals surface area contributed by atoms with Crippen LogP contribution in [0.4, 0.5) is 11.6 Å². The largest absolute Gasteiger partial charge is 1.00 e. The van der Waals surface area contributed by atoms with Crippen molar-refractivity contribution in [2.24, 2.45) is 11.8 Å². The van der Waals surface area contributed by atoms with E-state index in [1.165, 1.54) is 25.5 Å². The van der Waals surface area contributed by atoms with Crippen LogP contribution in [0.3, 0.4) is 0 Å². The molecule has 4 aliphatic heterocycles. The van der Waals surface area contributed by atoms with Gasteiger partial charge in [-0.3, -0.25) is 4.79 Å². The van der Waals surface area contributed by atoms with Gasteiger partial charge in [-0.05, 0) is 133 Å². The van der Waals surface area contributed by atoms with Crippen LogP contribution in [0.1, 0.15) is 40.0 Å². The summed E-state index contributed by atoms with van der Waals surface area (Å²) in [6.07, 6.45) is 9.82. The zero-order chi connectivity index (χ0) is 48.7. The topological polar surface area (TPSA) is 281 Å². The molecule has 0 unspecified atom stereocenters. The minimum Gasteiger partial charge on any atom is -1.00 e. The Balaban J connectivity index is 0.000000263. The van der Waals surface area contributed by atoms with Crippen LogP contribution < -0.4 is 179 Å². The Morgan fingerprint density at radius 2 is 1.15 bits per heavy atom. The number of nitrogens with one attached hydrogen (secondary N) is 1. The minimum absolute atomic E-state index is 0. The average Bonchev–Trinajstić information content (AvgIpc) is 4.18. The third-order valence-electron chi connectivity index (χ3n) is 11.5. The van der Waals surface area contributed by atoms with Crippen molar-refractivity contribution in [3.63, 3.8) is 0 Å². The molecule has 6 aromatic rings. The van der Waals surface area contributed by atoms with Crippen molar-refractivity contribution < 1.29 is 183 Å². The van der Waals surface area contributed by atoms with Gasteiger partial charge in [-0.25, -0.2) is 29.9 Å². The van der Waals surface area contributed by atoms with E-state index in [-0.39, 0.29) is 172 Å². The molecule has 374 valence electrons. The summed E-state index contributed by atoms with van der Waals surface area (Å²) in [6.45, 7) is 7.45. The zero-order valence-electron chi connectivity index (χ0n) is 40.3. The number of alkyl halides is 1. The molecule has 8 heterocycles. The maximum absolute atomic E-state index is 9.16. The van der Waals surface area contributed by atoms with Crippen molar-refractivity contribution in [1.82, 2.24) is 49.3 Å². The Kier molecular flexibility index (Phi) is 27.7. The number of ether oxygens (including phenoxy) is 4. The first kappa shape index (κ1) is 61.7. The first-order valence-electron chi connectivity index (χ1n) is 22.0. The number of nitrogens with zero attached hydrogens (tertiary/aromatic N) is 9. The van der Waals surface area contributed by atoms with E-state index in [9.17, 15) is 0 Å². The van der Waals surface area contributed by atoms with Gasteiger partial charge in [0.2, 0.25) is 13.6 Å². The SMILES string of the molecule is Nc1ncnc2c1nc(Sc1cc3c(cc1Br)OCO3)n2CCC1CCN(CCO)CC1.Nc1ncnc2c1nc(Sc1cc3c(cc1Br)OCO3)n2CCC1CCNCC1.O=CO[O-].OCCBr.[Cs+].[Cs+].[H-]. The molecule has 71 heavy (non-hydrogen) atoms. The molecule has 0 aliphatic carbocycles. The van der Waals surface area contributed by atoms with Gasteiger partial charge in [0.25, 0.3) is 6.47 Å². The maximum atomic E-state index is 9.16. The summed E-state index contributed by atoms with van der Waals surface area (Å²) < 4.78 is 28.2. The molecule has 2 aromatic carbocycles. The molecule has 7 N–H and O–H groups in total. The normalized spacial score (nSPS) is 15.1. The number of halogens is 3. The molecule has 28 heteroatoms. The number of hydrogen-bond acceptors (Lipinski definition) is 21. The van der Waals surface area contributed by atoms with E-state index in [1.807, 2.05) is 24.3 Å². The molecule has 2 saturated heterocycles. The van der Waals surface area contributed by atoms with Gasteiger partial charge in [-0.2, -0.15) is 0 Å². The summed E-state index contributed by atoms with van der Waals surface area (Å²) in [5, 5.41) is 31.2. The number of carbonyl (C=O) groups is 1. The molecule has 0 spiro atoms. The number of aromatic nitrogens is 8. The van der Waals surface area contributed by atoms with Crippen molar-refractivity contribution in [3.8, 4) is 23.0 Å². The van der Waals surface area contributed by atoms with Crippen LogP contribution in [0.5, 0.6) is 23.0 Å². The van der Waals surface area contributed by atoms with Crippen LogP contribution in [0.2, 0.25) is 0 Å². The Hall–Kier alpha value is -0.146. The number of aryl methyl sites for hydroxylation is 2. The number of hydrogen-bond donors (Lipinski definition) is 5. The number of imidazole rings is 2. The third kappa shape index (κ3) is 17.2. The number of carbonyl (C=O) groups excluding carboxylic acids is 1. The summed E-state index contributed by atoms with van der Waals surface area (Å²) in [4.78, 5) is 42.3. The van der Waals surface area contributed by atoms with Crippen molar-refractivity contribution in [2.75, 3.05) is 76.3 Å². The van der Waals surface area contributed by atoms with Gasteiger partial charge in [0.15, 0.2) is 67.3 Å². The molecule has 2 fully saturated rings. The average molecular weight is 1450 g/mol. The number of rotatable bonds is 14. The first-order chi connectivity index (χ1) is 33.6. The van der Waals surface area contributed by atoms with Crippen molar-refractivity contribution in [3.05, 3.63) is 45.9 Å². The van der Waals surface area contributed by atoms with Gasteiger partial charge in [0, 0.05) is 43.7 Å². The summed E-state index contributed by atoms with van der Waals surface area (Å²) in [5.41, 5.74) is 15.0. The maximum Gasteiger partial charge on any atom is 1.00 e. The molecule has 0 saturated carbocycles. The Bertz CT molecular complexity index is 2660. The Morgan fingerprint density at radius 1 is 0.732 bits per heavy atom. The predicted molar refractivity (Wildman–Crippen MR) is 268 cm³/mol. The van der Waals surface area contributed by atoms with Gasteiger partial charge in [-0.15, -0.1) is 0 Å². The van der Waals surface area contributed by atoms with Crippen LogP contribution >= 0.6 is 71.3 Å². The second-order valence-electron chi connectivity index (χ2n) is 15.8. The van der Waals surface area contributed by atoms with Crippen LogP contribution in [0.25, 0.3) is 22.3 Å². The van der Waals surface area contributed by atoms with Gasteiger partial charge < -0.3 is 71.6 Å². The molecular weight excluding hydrogens is 1400 g/mol. The standard InChI is InChI=1S/C21H25BrN6O3S.C19H21BrN6O2S.C2H5BrO.CH2O3.2Cs.H/c22-14-9-15-16(31-12-30-15)10-17(14)32-21-26-18-19(23)24-11-25-20(18)28(21)6-3-13-1-4-27(5-2-13)7-8-29;20-12-7-13-14(28-10-27-13)8-15(12)29-19-25-16-17(21)23-9-24-18(16)26(19)6-3-11-1-4-22-5-2-11;3-1-2-4;2-1-4-3;;;/h9-11,13,29H,1-8,12H2,(H2,23,24,25);7-9,11,22H,1-6,10H2,(H2,21,23,24);4H,1-2H2;1,3H;;;/q;;;;2*+1;-1/p-1. The minimum atomic E-state index is -0.181. The fourth-order valence-corrected chi connectivity index (χ4v) is 11.0. The monoisotopic (exact) mass is 1450 g/mol. The number of β-amino-alcohol motifs (C(OH)–C–C–N with tert-alkyl or cyclic N) is 1. The Labute approximate surface area is 563 Å². The smallest absolute Gasteiger partial charge is 1.00 e. The van der Waals surface area contributed by atoms with E-state index in [2.05, 4.69) is 92.0 Å². The molecule has 0 atom stereocenters. The van der Waals surface area contributed by atoms with Crippen molar-refractivity contribution in [2.45, 2.75) is 71.7 Å². The van der Waals surface area contributed by atoms with Crippen LogP contribution in [0, 0.1) is 11.8 Å². The van der Waals surface area contributed by atoms with Crippen molar-refractivity contribution >= 4 is 112 Å². The molecule has 4 aliphatic rings. The number of aliphatic hydroxyl groups excluding tert-OH is 2. The number of fused-ring (bicyclic) bond motifs is 4. The third-order valence-corrected chi connectivity index (χ3v) is 15.8. The number of benzene rings is 2. The fraction of sp³-hybridized carbons (Fsp3) is 0.465. The van der Waals surface area contributed by atoms with E-state index in [0.29, 0.717) is 39.8 Å². The fourth-order valence-electron chi connectivity index (χ4n) is 8.01.